The molecular formula is C20H22F3N3O5S. The van der Waals surface area contributed by atoms with Gasteiger partial charge in [-0.05, 0) is 36.8 Å². The molecule has 2 rings (SSSR count). The molecule has 2 aromatic carbocycles. The second-order valence-corrected chi connectivity index (χ2v) is 8.36. The maximum atomic E-state index is 13.1. The molecule has 0 aliphatic carbocycles. The number of hydrogen-bond acceptors (Lipinski definition) is 5. The van der Waals surface area contributed by atoms with Gasteiger partial charge < -0.3 is 15.4 Å². The molecule has 12 heteroatoms. The Balaban J connectivity index is 1.90. The summed E-state index contributed by atoms with van der Waals surface area (Å²) < 4.78 is 71.0. The molecule has 0 spiro atoms. The van der Waals surface area contributed by atoms with Gasteiger partial charge in [-0.3, -0.25) is 9.59 Å². The largest absolute Gasteiger partial charge is 0.497 e. The van der Waals surface area contributed by atoms with Crippen molar-refractivity contribution in [2.45, 2.75) is 30.6 Å². The van der Waals surface area contributed by atoms with Gasteiger partial charge in [0, 0.05) is 6.54 Å². The van der Waals surface area contributed by atoms with Gasteiger partial charge in [0.2, 0.25) is 21.8 Å². The maximum Gasteiger partial charge on any atom is 0.417 e. The lowest BCUT2D eigenvalue weighted by atomic mass is 10.2. The standard InChI is InChI=1S/C20H22F3N3O5S/c1-13(26-32(29,30)17-6-4-3-5-16(17)20(21,22)23)19(28)25-12-18(27)24-11-14-7-9-15(31-2)10-8-14/h3-10,13,26H,11-12H2,1-2H3,(H,24,27)(H,25,28)/t13-/m0/s1. The van der Waals surface area contributed by atoms with Gasteiger partial charge in [-0.15, -0.1) is 0 Å². The molecule has 0 heterocycles. The number of ether oxygens (including phenoxy) is 1. The first-order valence-electron chi connectivity index (χ1n) is 9.30. The van der Waals surface area contributed by atoms with E-state index in [-0.39, 0.29) is 6.54 Å². The van der Waals surface area contributed by atoms with Crippen LogP contribution in [0.15, 0.2) is 53.4 Å². The lowest BCUT2D eigenvalue weighted by Crippen LogP contribution is -2.47. The number of nitrogens with one attached hydrogen (secondary N) is 3. The zero-order chi connectivity index (χ0) is 23.9. The second-order valence-electron chi connectivity index (χ2n) is 6.68. The van der Waals surface area contributed by atoms with Crippen LogP contribution in [0.3, 0.4) is 0 Å². The normalized spacial score (nSPS) is 12.7. The summed E-state index contributed by atoms with van der Waals surface area (Å²) in [6, 6.07) is 9.12. The first-order chi connectivity index (χ1) is 14.9. The predicted molar refractivity (Wildman–Crippen MR) is 109 cm³/mol. The van der Waals surface area contributed by atoms with Crippen molar-refractivity contribution in [1.82, 2.24) is 15.4 Å². The number of benzene rings is 2. The molecule has 0 unspecified atom stereocenters. The highest BCUT2D eigenvalue weighted by atomic mass is 32.2. The Kier molecular flexibility index (Phi) is 8.22. The van der Waals surface area contributed by atoms with Crippen molar-refractivity contribution in [2.24, 2.45) is 0 Å². The highest BCUT2D eigenvalue weighted by Gasteiger charge is 2.37. The fourth-order valence-corrected chi connectivity index (χ4v) is 4.04. The first kappa shape index (κ1) is 25.1. The molecule has 0 radical (unpaired) electrons. The predicted octanol–water partition coefficient (Wildman–Crippen LogP) is 1.81. The molecule has 0 saturated heterocycles. The van der Waals surface area contributed by atoms with Crippen LogP contribution in [0.4, 0.5) is 13.2 Å². The third-order valence-electron chi connectivity index (χ3n) is 4.28. The average Bonchev–Trinajstić information content (AvgIpc) is 2.75. The molecule has 3 N–H and O–H groups in total. The first-order valence-corrected chi connectivity index (χ1v) is 10.8. The molecule has 0 aromatic heterocycles. The number of carbonyl (C=O) groups excluding carboxylic acids is 2. The number of rotatable bonds is 9. The van der Waals surface area contributed by atoms with Gasteiger partial charge in [0.05, 0.1) is 30.2 Å². The van der Waals surface area contributed by atoms with E-state index in [2.05, 4.69) is 10.6 Å². The summed E-state index contributed by atoms with van der Waals surface area (Å²) in [5, 5.41) is 4.81. The number of amides is 2. The summed E-state index contributed by atoms with van der Waals surface area (Å²) in [5.41, 5.74) is -0.562. The zero-order valence-corrected chi connectivity index (χ0v) is 18.0. The van der Waals surface area contributed by atoms with Crippen LogP contribution in [0.2, 0.25) is 0 Å². The smallest absolute Gasteiger partial charge is 0.417 e. The Hall–Kier alpha value is -3.12. The lowest BCUT2D eigenvalue weighted by Gasteiger charge is -2.17. The topological polar surface area (TPSA) is 114 Å². The van der Waals surface area contributed by atoms with Crippen LogP contribution in [0, 0.1) is 0 Å². The van der Waals surface area contributed by atoms with Crippen LogP contribution in [0.25, 0.3) is 0 Å². The third kappa shape index (κ3) is 6.95. The number of alkyl halides is 3. The summed E-state index contributed by atoms with van der Waals surface area (Å²) in [6.07, 6.45) is -4.89. The van der Waals surface area contributed by atoms with Gasteiger partial charge in [0.1, 0.15) is 5.75 Å². The van der Waals surface area contributed by atoms with Crippen molar-refractivity contribution in [1.29, 1.82) is 0 Å². The Bertz CT molecular complexity index is 1060. The molecule has 8 nitrogen and oxygen atoms in total. The van der Waals surface area contributed by atoms with Crippen molar-refractivity contribution in [3.63, 3.8) is 0 Å². The number of hydrogen-bond donors (Lipinski definition) is 3. The van der Waals surface area contributed by atoms with Crippen molar-refractivity contribution < 1.29 is 35.9 Å². The van der Waals surface area contributed by atoms with Crippen molar-refractivity contribution in [2.75, 3.05) is 13.7 Å². The number of halogens is 3. The summed E-state index contributed by atoms with van der Waals surface area (Å²) in [6.45, 7) is 0.896. The third-order valence-corrected chi connectivity index (χ3v) is 5.88. The fourth-order valence-electron chi connectivity index (χ4n) is 2.61. The number of carbonyl (C=O) groups is 2. The monoisotopic (exact) mass is 473 g/mol. The van der Waals surface area contributed by atoms with Gasteiger partial charge in [0.15, 0.2) is 0 Å². The van der Waals surface area contributed by atoms with E-state index >= 15 is 0 Å². The van der Waals surface area contributed by atoms with E-state index in [1.54, 1.807) is 24.3 Å². The quantitative estimate of drug-likeness (QED) is 0.514. The Morgan fingerprint density at radius 3 is 2.25 bits per heavy atom. The Morgan fingerprint density at radius 2 is 1.66 bits per heavy atom. The van der Waals surface area contributed by atoms with E-state index in [1.165, 1.54) is 7.11 Å². The highest BCUT2D eigenvalue weighted by molar-refractivity contribution is 7.89. The van der Waals surface area contributed by atoms with Crippen molar-refractivity contribution in [3.8, 4) is 5.75 Å². The summed E-state index contributed by atoms with van der Waals surface area (Å²) >= 11 is 0. The molecule has 2 amide bonds. The van der Waals surface area contributed by atoms with Crippen molar-refractivity contribution >= 4 is 21.8 Å². The van der Waals surface area contributed by atoms with Gasteiger partial charge in [-0.2, -0.15) is 17.9 Å². The minimum absolute atomic E-state index is 0.190. The van der Waals surface area contributed by atoms with Crippen molar-refractivity contribution in [3.05, 3.63) is 59.7 Å². The average molecular weight is 473 g/mol. The fraction of sp³-hybridized carbons (Fsp3) is 0.300. The molecule has 32 heavy (non-hydrogen) atoms. The molecule has 0 fully saturated rings. The highest BCUT2D eigenvalue weighted by Crippen LogP contribution is 2.33. The number of methoxy groups -OCH3 is 1. The molecule has 2 aromatic rings. The Labute approximate surface area is 183 Å². The van der Waals surface area contributed by atoms with Gasteiger partial charge >= 0.3 is 6.18 Å². The summed E-state index contributed by atoms with van der Waals surface area (Å²) in [7, 11) is -3.13. The van der Waals surface area contributed by atoms with Gasteiger partial charge in [-0.25, -0.2) is 8.42 Å². The number of sulfonamides is 1. The van der Waals surface area contributed by atoms with Gasteiger partial charge in [0.25, 0.3) is 0 Å². The SMILES string of the molecule is COc1ccc(CNC(=O)CNC(=O)[C@H](C)NS(=O)(=O)c2ccccc2C(F)(F)F)cc1. The summed E-state index contributed by atoms with van der Waals surface area (Å²) in [4.78, 5) is 23.0. The van der Waals surface area contributed by atoms with Crippen LogP contribution in [-0.4, -0.2) is 39.9 Å². The maximum absolute atomic E-state index is 13.1. The molecule has 174 valence electrons. The minimum Gasteiger partial charge on any atom is -0.497 e. The zero-order valence-electron chi connectivity index (χ0n) is 17.2. The van der Waals surface area contributed by atoms with E-state index < -0.39 is 51.1 Å². The summed E-state index contributed by atoms with van der Waals surface area (Å²) in [5.74, 6) is -0.758. The van der Waals surface area contributed by atoms with E-state index in [0.29, 0.717) is 11.8 Å². The van der Waals surface area contributed by atoms with Crippen LogP contribution in [-0.2, 0) is 32.3 Å². The van der Waals surface area contributed by atoms with E-state index in [9.17, 15) is 31.2 Å². The van der Waals surface area contributed by atoms with E-state index in [0.717, 1.165) is 30.7 Å². The van der Waals surface area contributed by atoms with E-state index in [4.69, 9.17) is 4.74 Å². The van der Waals surface area contributed by atoms with Crippen LogP contribution in [0.1, 0.15) is 18.1 Å². The van der Waals surface area contributed by atoms with Gasteiger partial charge in [-0.1, -0.05) is 24.3 Å². The lowest BCUT2D eigenvalue weighted by molar-refractivity contribution is -0.139. The minimum atomic E-state index is -4.89. The second kappa shape index (κ2) is 10.5. The van der Waals surface area contributed by atoms with Crippen LogP contribution < -0.4 is 20.1 Å². The Morgan fingerprint density at radius 1 is 1.03 bits per heavy atom. The van der Waals surface area contributed by atoms with Crippen LogP contribution >= 0.6 is 0 Å². The van der Waals surface area contributed by atoms with E-state index in [1.807, 2.05) is 4.72 Å². The molecule has 0 aliphatic heterocycles. The van der Waals surface area contributed by atoms with Crippen LogP contribution in [0.5, 0.6) is 5.75 Å². The molecule has 0 aliphatic rings. The molecule has 0 bridgehead atoms. The molecular weight excluding hydrogens is 451 g/mol. The molecule has 1 atom stereocenters. The molecule has 0 saturated carbocycles.